The molecule has 23 heavy (non-hydrogen) atoms. The van der Waals surface area contributed by atoms with Gasteiger partial charge in [-0.1, -0.05) is 6.07 Å². The number of urea groups is 1. The van der Waals surface area contributed by atoms with E-state index in [1.54, 1.807) is 11.3 Å². The number of likely N-dealkylation sites (tertiary alicyclic amines) is 2. The van der Waals surface area contributed by atoms with Gasteiger partial charge in [0.1, 0.15) is 0 Å². The van der Waals surface area contributed by atoms with E-state index in [4.69, 9.17) is 4.74 Å². The molecule has 0 spiro atoms. The fourth-order valence-corrected chi connectivity index (χ4v) is 4.24. The van der Waals surface area contributed by atoms with Crippen LogP contribution in [0.3, 0.4) is 0 Å². The minimum Gasteiger partial charge on any atom is -0.381 e. The molecule has 0 saturated carbocycles. The summed E-state index contributed by atoms with van der Waals surface area (Å²) in [6.45, 7) is 4.64. The molecule has 2 amide bonds. The highest BCUT2D eigenvalue weighted by atomic mass is 32.1. The van der Waals surface area contributed by atoms with Crippen molar-refractivity contribution in [3.63, 3.8) is 0 Å². The van der Waals surface area contributed by atoms with Gasteiger partial charge in [0, 0.05) is 44.2 Å². The maximum atomic E-state index is 12.2. The summed E-state index contributed by atoms with van der Waals surface area (Å²) in [5.41, 5.74) is 0. The number of amides is 2. The molecule has 3 heterocycles. The van der Waals surface area contributed by atoms with Crippen LogP contribution in [0.4, 0.5) is 4.79 Å². The van der Waals surface area contributed by atoms with Crippen molar-refractivity contribution in [3.8, 4) is 0 Å². The molecule has 5 nitrogen and oxygen atoms in total. The van der Waals surface area contributed by atoms with E-state index >= 15 is 0 Å². The lowest BCUT2D eigenvalue weighted by Gasteiger charge is -2.41. The third-order valence-corrected chi connectivity index (χ3v) is 5.95. The number of ether oxygens (including phenoxy) is 1. The molecule has 0 aliphatic carbocycles. The molecule has 0 atom stereocenters. The number of methoxy groups -OCH3 is 1. The maximum Gasteiger partial charge on any atom is 0.317 e. The SMILES string of the molecule is COC1CCN(C2CCN(C(=O)NCc3cccs3)CC2)CC1. The number of thiophene rings is 1. The van der Waals surface area contributed by atoms with Gasteiger partial charge in [0.25, 0.3) is 0 Å². The monoisotopic (exact) mass is 337 g/mol. The third-order valence-electron chi connectivity index (χ3n) is 5.07. The van der Waals surface area contributed by atoms with E-state index in [-0.39, 0.29) is 6.03 Å². The van der Waals surface area contributed by atoms with E-state index in [1.807, 2.05) is 23.5 Å². The van der Waals surface area contributed by atoms with E-state index in [2.05, 4.69) is 16.3 Å². The molecule has 2 fully saturated rings. The summed E-state index contributed by atoms with van der Waals surface area (Å²) in [6.07, 6.45) is 4.89. The number of piperidine rings is 2. The average molecular weight is 337 g/mol. The van der Waals surface area contributed by atoms with Gasteiger partial charge in [-0.2, -0.15) is 0 Å². The molecular weight excluding hydrogens is 310 g/mol. The number of carbonyl (C=O) groups excluding carboxylic acids is 1. The van der Waals surface area contributed by atoms with E-state index in [9.17, 15) is 4.79 Å². The zero-order valence-electron chi connectivity index (χ0n) is 13.9. The first-order valence-corrected chi connectivity index (χ1v) is 9.46. The highest BCUT2D eigenvalue weighted by Crippen LogP contribution is 2.22. The number of carbonyl (C=O) groups is 1. The highest BCUT2D eigenvalue weighted by Gasteiger charge is 2.29. The Hall–Kier alpha value is -1.11. The maximum absolute atomic E-state index is 12.2. The number of nitrogens with zero attached hydrogens (tertiary/aromatic N) is 2. The van der Waals surface area contributed by atoms with Crippen LogP contribution in [0, 0.1) is 0 Å². The van der Waals surface area contributed by atoms with Crippen molar-refractivity contribution in [3.05, 3.63) is 22.4 Å². The summed E-state index contributed by atoms with van der Waals surface area (Å²) >= 11 is 1.68. The first-order valence-electron chi connectivity index (χ1n) is 8.58. The van der Waals surface area contributed by atoms with Crippen LogP contribution in [0.1, 0.15) is 30.6 Å². The first-order chi connectivity index (χ1) is 11.3. The molecule has 1 aromatic heterocycles. The van der Waals surface area contributed by atoms with Gasteiger partial charge in [-0.15, -0.1) is 11.3 Å². The molecule has 1 aromatic rings. The van der Waals surface area contributed by atoms with Crippen molar-refractivity contribution in [2.45, 2.75) is 44.4 Å². The Balaban J connectivity index is 1.39. The van der Waals surface area contributed by atoms with Gasteiger partial charge in [-0.05, 0) is 37.1 Å². The largest absolute Gasteiger partial charge is 0.381 e. The molecule has 3 rings (SSSR count). The van der Waals surface area contributed by atoms with Gasteiger partial charge in [0.15, 0.2) is 0 Å². The molecule has 1 N–H and O–H groups in total. The Morgan fingerprint density at radius 2 is 2.00 bits per heavy atom. The number of hydrogen-bond donors (Lipinski definition) is 1. The van der Waals surface area contributed by atoms with Crippen LogP contribution in [0.2, 0.25) is 0 Å². The second-order valence-electron chi connectivity index (χ2n) is 6.43. The topological polar surface area (TPSA) is 44.8 Å². The minimum atomic E-state index is 0.0786. The lowest BCUT2D eigenvalue weighted by atomic mass is 9.99. The summed E-state index contributed by atoms with van der Waals surface area (Å²) < 4.78 is 5.45. The highest BCUT2D eigenvalue weighted by molar-refractivity contribution is 7.09. The van der Waals surface area contributed by atoms with Crippen LogP contribution in [-0.2, 0) is 11.3 Å². The molecule has 2 saturated heterocycles. The van der Waals surface area contributed by atoms with Crippen LogP contribution in [-0.4, -0.2) is 61.3 Å². The van der Waals surface area contributed by atoms with E-state index < -0.39 is 0 Å². The normalized spacial score (nSPS) is 21.5. The van der Waals surface area contributed by atoms with Crippen LogP contribution >= 0.6 is 11.3 Å². The van der Waals surface area contributed by atoms with Crippen LogP contribution < -0.4 is 5.32 Å². The molecule has 0 bridgehead atoms. The summed E-state index contributed by atoms with van der Waals surface area (Å²) in [5, 5.41) is 5.07. The fourth-order valence-electron chi connectivity index (χ4n) is 3.60. The van der Waals surface area contributed by atoms with Gasteiger partial charge in [0.2, 0.25) is 0 Å². The summed E-state index contributed by atoms with van der Waals surface area (Å²) in [7, 11) is 1.81. The standard InChI is InChI=1S/C17H27N3O2S/c1-22-15-6-10-19(11-7-15)14-4-8-20(9-5-14)17(21)18-13-16-3-2-12-23-16/h2-3,12,14-15H,4-11,13H2,1H3,(H,18,21). The zero-order chi connectivity index (χ0) is 16.1. The Kier molecular flexibility index (Phi) is 5.91. The lowest BCUT2D eigenvalue weighted by molar-refractivity contribution is 0.0170. The minimum absolute atomic E-state index is 0.0786. The molecule has 6 heteroatoms. The van der Waals surface area contributed by atoms with Crippen molar-refractivity contribution in [2.24, 2.45) is 0 Å². The second-order valence-corrected chi connectivity index (χ2v) is 7.46. The van der Waals surface area contributed by atoms with Crippen LogP contribution in [0.15, 0.2) is 17.5 Å². The Labute approximate surface area is 142 Å². The Morgan fingerprint density at radius 1 is 1.26 bits per heavy atom. The smallest absolute Gasteiger partial charge is 0.317 e. The molecule has 0 radical (unpaired) electrons. The van der Waals surface area contributed by atoms with Crippen molar-refractivity contribution in [1.29, 1.82) is 0 Å². The fraction of sp³-hybridized carbons (Fsp3) is 0.706. The van der Waals surface area contributed by atoms with E-state index in [0.29, 0.717) is 18.7 Å². The molecule has 128 valence electrons. The summed E-state index contributed by atoms with van der Waals surface area (Å²) in [6, 6.07) is 4.79. The van der Waals surface area contributed by atoms with Gasteiger partial charge < -0.3 is 19.9 Å². The molecule has 2 aliphatic rings. The van der Waals surface area contributed by atoms with Gasteiger partial charge in [0.05, 0.1) is 12.6 Å². The molecular formula is C17H27N3O2S. The number of hydrogen-bond acceptors (Lipinski definition) is 4. The Morgan fingerprint density at radius 3 is 2.61 bits per heavy atom. The molecule has 0 aromatic carbocycles. The average Bonchev–Trinajstić information content (AvgIpc) is 3.13. The number of rotatable bonds is 4. The van der Waals surface area contributed by atoms with Crippen LogP contribution in [0.5, 0.6) is 0 Å². The lowest BCUT2D eigenvalue weighted by Crippen LogP contribution is -2.51. The van der Waals surface area contributed by atoms with Crippen molar-refractivity contribution in [1.82, 2.24) is 15.1 Å². The van der Waals surface area contributed by atoms with E-state index in [1.165, 1.54) is 4.88 Å². The molecule has 0 unspecified atom stereocenters. The first kappa shape index (κ1) is 16.7. The predicted molar refractivity (Wildman–Crippen MR) is 92.8 cm³/mol. The summed E-state index contributed by atoms with van der Waals surface area (Å²) in [4.78, 5) is 18.0. The Bertz CT molecular complexity index is 478. The van der Waals surface area contributed by atoms with Crippen molar-refractivity contribution < 1.29 is 9.53 Å². The molecule has 2 aliphatic heterocycles. The van der Waals surface area contributed by atoms with Gasteiger partial charge in [-0.3, -0.25) is 0 Å². The third kappa shape index (κ3) is 4.46. The van der Waals surface area contributed by atoms with E-state index in [0.717, 1.165) is 51.9 Å². The van der Waals surface area contributed by atoms with Crippen LogP contribution in [0.25, 0.3) is 0 Å². The second kappa shape index (κ2) is 8.13. The predicted octanol–water partition coefficient (Wildman–Crippen LogP) is 2.53. The van der Waals surface area contributed by atoms with Gasteiger partial charge >= 0.3 is 6.03 Å². The van der Waals surface area contributed by atoms with Crippen molar-refractivity contribution in [2.75, 3.05) is 33.3 Å². The van der Waals surface area contributed by atoms with Crippen molar-refractivity contribution >= 4 is 17.4 Å². The quantitative estimate of drug-likeness (QED) is 0.918. The van der Waals surface area contributed by atoms with Gasteiger partial charge in [-0.25, -0.2) is 4.79 Å². The number of nitrogens with one attached hydrogen (secondary N) is 1. The zero-order valence-corrected chi connectivity index (χ0v) is 14.7. The summed E-state index contributed by atoms with van der Waals surface area (Å²) in [5.74, 6) is 0.